The molecule has 3 rings (SSSR count). The predicted octanol–water partition coefficient (Wildman–Crippen LogP) is 3.86. The first-order valence-corrected chi connectivity index (χ1v) is 10.0. The number of hydrogen-bond acceptors (Lipinski definition) is 4. The molecule has 2 aromatic carbocycles. The molecule has 0 saturated heterocycles. The van der Waals surface area contributed by atoms with E-state index in [-0.39, 0.29) is 12.3 Å². The van der Waals surface area contributed by atoms with Gasteiger partial charge in [0.15, 0.2) is 11.5 Å². The Morgan fingerprint density at radius 1 is 1.11 bits per heavy atom. The number of nitrogens with one attached hydrogen (secondary N) is 1. The lowest BCUT2D eigenvalue weighted by Crippen LogP contribution is -2.26. The number of fused-ring (bicyclic) bond motifs is 1. The summed E-state index contributed by atoms with van der Waals surface area (Å²) in [6, 6.07) is 12.1. The molecule has 1 heterocycles. The second-order valence-electron chi connectivity index (χ2n) is 7.15. The van der Waals surface area contributed by atoms with E-state index in [1.807, 2.05) is 20.2 Å². The Morgan fingerprint density at radius 3 is 2.61 bits per heavy atom. The minimum atomic E-state index is -0.0199. The van der Waals surface area contributed by atoms with Crippen LogP contribution in [0.4, 0.5) is 5.69 Å². The lowest BCUT2D eigenvalue weighted by Gasteiger charge is -2.13. The van der Waals surface area contributed by atoms with E-state index in [9.17, 15) is 4.79 Å². The van der Waals surface area contributed by atoms with Gasteiger partial charge in [-0.05, 0) is 48.2 Å². The lowest BCUT2D eigenvalue weighted by atomic mass is 10.1. The second-order valence-corrected chi connectivity index (χ2v) is 7.55. The van der Waals surface area contributed by atoms with E-state index in [2.05, 4.69) is 34.5 Å². The molecule has 28 heavy (non-hydrogen) atoms. The molecule has 5 nitrogen and oxygen atoms in total. The van der Waals surface area contributed by atoms with Crippen LogP contribution >= 0.6 is 11.6 Å². The highest BCUT2D eigenvalue weighted by Crippen LogP contribution is 2.38. The third-order valence-electron chi connectivity index (χ3n) is 4.64. The highest BCUT2D eigenvalue weighted by molar-refractivity contribution is 6.32. The first-order valence-electron chi connectivity index (χ1n) is 9.64. The van der Waals surface area contributed by atoms with Crippen molar-refractivity contribution in [1.82, 2.24) is 5.32 Å². The first-order chi connectivity index (χ1) is 13.5. The molecule has 150 valence electrons. The Hall–Kier alpha value is -2.40. The molecule has 1 amide bonds. The molecular weight excluding hydrogens is 376 g/mol. The van der Waals surface area contributed by atoms with Crippen molar-refractivity contribution in [2.45, 2.75) is 25.7 Å². The zero-order chi connectivity index (χ0) is 19.9. The number of carbonyl (C=O) groups is 1. The van der Waals surface area contributed by atoms with Gasteiger partial charge < -0.3 is 19.7 Å². The fourth-order valence-corrected chi connectivity index (χ4v) is 3.40. The SMILES string of the molecule is CN(C)c1ccc(CCCNC(=O)Cc2cc(Cl)c3c(c2)OCCCO3)cc1. The number of aryl methyl sites for hydroxylation is 1. The molecule has 0 spiro atoms. The molecule has 0 bridgehead atoms. The molecule has 0 saturated carbocycles. The van der Waals surface area contributed by atoms with Crippen LogP contribution in [0.15, 0.2) is 36.4 Å². The maximum Gasteiger partial charge on any atom is 0.224 e. The molecule has 0 atom stereocenters. The van der Waals surface area contributed by atoms with Crippen LogP contribution in [-0.4, -0.2) is 39.8 Å². The molecule has 0 aliphatic carbocycles. The summed E-state index contributed by atoms with van der Waals surface area (Å²) >= 11 is 6.29. The Bertz CT molecular complexity index is 806. The van der Waals surface area contributed by atoms with Crippen molar-refractivity contribution < 1.29 is 14.3 Å². The average molecular weight is 403 g/mol. The van der Waals surface area contributed by atoms with Crippen LogP contribution in [0, 0.1) is 0 Å². The molecule has 1 aliphatic rings. The van der Waals surface area contributed by atoms with Crippen molar-refractivity contribution >= 4 is 23.2 Å². The number of anilines is 1. The van der Waals surface area contributed by atoms with E-state index >= 15 is 0 Å². The first kappa shape index (κ1) is 20.3. The molecule has 2 aromatic rings. The second kappa shape index (κ2) is 9.69. The van der Waals surface area contributed by atoms with Gasteiger partial charge in [0.25, 0.3) is 0 Å². The van der Waals surface area contributed by atoms with E-state index in [4.69, 9.17) is 21.1 Å². The summed E-state index contributed by atoms with van der Waals surface area (Å²) in [6.07, 6.45) is 2.92. The van der Waals surface area contributed by atoms with E-state index in [0.717, 1.165) is 24.8 Å². The summed E-state index contributed by atoms with van der Waals surface area (Å²) in [5.74, 6) is 1.17. The molecule has 0 aromatic heterocycles. The van der Waals surface area contributed by atoms with E-state index in [0.29, 0.717) is 36.3 Å². The fraction of sp³-hybridized carbons (Fsp3) is 0.409. The number of rotatable bonds is 7. The molecule has 1 N–H and O–H groups in total. The summed E-state index contributed by atoms with van der Waals surface area (Å²) < 4.78 is 11.3. The lowest BCUT2D eigenvalue weighted by molar-refractivity contribution is -0.120. The number of amides is 1. The summed E-state index contributed by atoms with van der Waals surface area (Å²) in [6.45, 7) is 1.82. The predicted molar refractivity (Wildman–Crippen MR) is 113 cm³/mol. The fourth-order valence-electron chi connectivity index (χ4n) is 3.12. The Morgan fingerprint density at radius 2 is 1.86 bits per heavy atom. The summed E-state index contributed by atoms with van der Waals surface area (Å²) in [4.78, 5) is 14.3. The molecule has 6 heteroatoms. The monoisotopic (exact) mass is 402 g/mol. The van der Waals surface area contributed by atoms with Gasteiger partial charge in [0.05, 0.1) is 24.7 Å². The maximum absolute atomic E-state index is 12.3. The number of halogens is 1. The molecular formula is C22H27ClN2O3. The molecule has 0 unspecified atom stereocenters. The number of benzene rings is 2. The standard InChI is InChI=1S/C22H27ClN2O3/c1-25(2)18-8-6-16(7-9-18)5-3-10-24-21(26)15-17-13-19(23)22-20(14-17)27-11-4-12-28-22/h6-9,13-14H,3-5,10-12,15H2,1-2H3,(H,24,26). The van der Waals surface area contributed by atoms with Crippen molar-refractivity contribution in [2.24, 2.45) is 0 Å². The minimum absolute atomic E-state index is 0.0199. The van der Waals surface area contributed by atoms with Crippen LogP contribution in [0.25, 0.3) is 0 Å². The van der Waals surface area contributed by atoms with Crippen molar-refractivity contribution in [2.75, 3.05) is 38.8 Å². The van der Waals surface area contributed by atoms with Gasteiger partial charge in [-0.15, -0.1) is 0 Å². The van der Waals surface area contributed by atoms with Crippen LogP contribution in [0.5, 0.6) is 11.5 Å². The maximum atomic E-state index is 12.3. The van der Waals surface area contributed by atoms with Gasteiger partial charge in [-0.1, -0.05) is 23.7 Å². The Balaban J connectivity index is 1.45. The highest BCUT2D eigenvalue weighted by Gasteiger charge is 2.16. The molecule has 0 radical (unpaired) electrons. The largest absolute Gasteiger partial charge is 0.489 e. The highest BCUT2D eigenvalue weighted by atomic mass is 35.5. The number of hydrogen-bond donors (Lipinski definition) is 1. The van der Waals surface area contributed by atoms with Crippen molar-refractivity contribution in [3.63, 3.8) is 0 Å². The quantitative estimate of drug-likeness (QED) is 0.714. The van der Waals surface area contributed by atoms with Crippen LogP contribution in [0.1, 0.15) is 24.0 Å². The van der Waals surface area contributed by atoms with E-state index in [1.165, 1.54) is 11.3 Å². The Labute approximate surface area is 171 Å². The number of ether oxygens (including phenoxy) is 2. The van der Waals surface area contributed by atoms with Gasteiger partial charge in [0.2, 0.25) is 5.91 Å². The zero-order valence-electron chi connectivity index (χ0n) is 16.5. The third kappa shape index (κ3) is 5.55. The minimum Gasteiger partial charge on any atom is -0.489 e. The normalized spacial score (nSPS) is 13.0. The third-order valence-corrected chi connectivity index (χ3v) is 4.92. The van der Waals surface area contributed by atoms with E-state index < -0.39 is 0 Å². The summed E-state index contributed by atoms with van der Waals surface area (Å²) in [5.41, 5.74) is 3.28. The Kier molecular flexibility index (Phi) is 7.04. The van der Waals surface area contributed by atoms with Gasteiger partial charge in [-0.2, -0.15) is 0 Å². The van der Waals surface area contributed by atoms with Crippen molar-refractivity contribution in [3.8, 4) is 11.5 Å². The van der Waals surface area contributed by atoms with Gasteiger partial charge >= 0.3 is 0 Å². The zero-order valence-corrected chi connectivity index (χ0v) is 17.2. The number of carbonyl (C=O) groups excluding carboxylic acids is 1. The van der Waals surface area contributed by atoms with Crippen molar-refractivity contribution in [1.29, 1.82) is 0 Å². The average Bonchev–Trinajstić information content (AvgIpc) is 2.91. The smallest absolute Gasteiger partial charge is 0.224 e. The van der Waals surface area contributed by atoms with Crippen LogP contribution in [-0.2, 0) is 17.6 Å². The van der Waals surface area contributed by atoms with Gasteiger partial charge in [-0.3, -0.25) is 4.79 Å². The van der Waals surface area contributed by atoms with Crippen molar-refractivity contribution in [3.05, 3.63) is 52.5 Å². The topological polar surface area (TPSA) is 50.8 Å². The number of nitrogens with zero attached hydrogens (tertiary/aromatic N) is 1. The van der Waals surface area contributed by atoms with Gasteiger partial charge in [-0.25, -0.2) is 0 Å². The van der Waals surface area contributed by atoms with Gasteiger partial charge in [0.1, 0.15) is 0 Å². The van der Waals surface area contributed by atoms with Crippen LogP contribution in [0.2, 0.25) is 5.02 Å². The molecule has 0 fully saturated rings. The van der Waals surface area contributed by atoms with Gasteiger partial charge in [0, 0.05) is 32.7 Å². The summed E-state index contributed by atoms with van der Waals surface area (Å²) in [7, 11) is 4.06. The van der Waals surface area contributed by atoms with Crippen LogP contribution in [0.3, 0.4) is 0 Å². The summed E-state index contributed by atoms with van der Waals surface area (Å²) in [5, 5.41) is 3.47. The molecule has 1 aliphatic heterocycles. The van der Waals surface area contributed by atoms with E-state index in [1.54, 1.807) is 6.07 Å². The van der Waals surface area contributed by atoms with Crippen LogP contribution < -0.4 is 19.7 Å².